The molecule has 1 aromatic carbocycles. The smallest absolute Gasteiger partial charge is 0.307 e. The molecule has 1 N–H and O–H groups in total. The number of piperidine rings is 1. The monoisotopic (exact) mass is 343 g/mol. The van der Waals surface area contributed by atoms with Gasteiger partial charge in [-0.25, -0.2) is 0 Å². The van der Waals surface area contributed by atoms with E-state index < -0.39 is 5.97 Å². The molecule has 1 aliphatic rings. The van der Waals surface area contributed by atoms with E-state index in [2.05, 4.69) is 55.1 Å². The normalized spacial score (nSPS) is 20.0. The fourth-order valence-electron chi connectivity index (χ4n) is 3.53. The van der Waals surface area contributed by atoms with Crippen LogP contribution in [-0.4, -0.2) is 29.1 Å². The third-order valence-corrected chi connectivity index (χ3v) is 5.95. The number of nitrogens with zero attached hydrogens (tertiary/aromatic N) is 1. The number of carboxylic acids is 1. The summed E-state index contributed by atoms with van der Waals surface area (Å²) in [6.07, 6.45) is 2.77. The average Bonchev–Trinajstić information content (AvgIpc) is 3.02. The molecule has 0 amide bonds. The largest absolute Gasteiger partial charge is 0.481 e. The predicted octanol–water partition coefficient (Wildman–Crippen LogP) is 4.50. The lowest BCUT2D eigenvalue weighted by molar-refractivity contribution is -0.143. The molecule has 1 saturated heterocycles. The maximum absolute atomic E-state index is 11.5. The van der Waals surface area contributed by atoms with Gasteiger partial charge >= 0.3 is 5.97 Å². The number of rotatable bonds is 5. The van der Waals surface area contributed by atoms with Gasteiger partial charge in [-0.3, -0.25) is 9.69 Å². The number of benzene rings is 1. The molecule has 2 aromatic rings. The van der Waals surface area contributed by atoms with E-state index in [-0.39, 0.29) is 12.0 Å². The summed E-state index contributed by atoms with van der Waals surface area (Å²) in [5, 5.41) is 9.43. The minimum atomic E-state index is -0.665. The van der Waals surface area contributed by atoms with Gasteiger partial charge in [-0.15, -0.1) is 11.3 Å². The maximum atomic E-state index is 11.5. The Bertz CT molecular complexity index is 692. The van der Waals surface area contributed by atoms with Crippen LogP contribution >= 0.6 is 11.3 Å². The van der Waals surface area contributed by atoms with Gasteiger partial charge in [0, 0.05) is 16.3 Å². The van der Waals surface area contributed by atoms with Gasteiger partial charge in [-0.05, 0) is 56.0 Å². The van der Waals surface area contributed by atoms with Gasteiger partial charge < -0.3 is 5.11 Å². The number of carboxylic acid groups (broad SMARTS) is 1. The Morgan fingerprint density at radius 2 is 2.04 bits per heavy atom. The molecular weight excluding hydrogens is 318 g/mol. The summed E-state index contributed by atoms with van der Waals surface area (Å²) in [5.74, 6) is -0.917. The van der Waals surface area contributed by atoms with Crippen LogP contribution in [-0.2, 0) is 11.2 Å². The molecule has 4 heteroatoms. The third-order valence-electron chi connectivity index (χ3n) is 4.90. The molecule has 1 fully saturated rings. The molecule has 2 unspecified atom stereocenters. The van der Waals surface area contributed by atoms with Crippen molar-refractivity contribution in [3.05, 3.63) is 57.3 Å². The summed E-state index contributed by atoms with van der Waals surface area (Å²) in [5.41, 5.74) is 2.60. The van der Waals surface area contributed by atoms with Crippen LogP contribution in [0.2, 0.25) is 0 Å². The van der Waals surface area contributed by atoms with Crippen LogP contribution in [0.25, 0.3) is 0 Å². The van der Waals surface area contributed by atoms with E-state index in [1.54, 1.807) is 0 Å². The number of carbonyl (C=O) groups is 1. The van der Waals surface area contributed by atoms with Crippen LogP contribution < -0.4 is 0 Å². The van der Waals surface area contributed by atoms with E-state index in [1.165, 1.54) is 20.9 Å². The number of hydrogen-bond acceptors (Lipinski definition) is 3. The van der Waals surface area contributed by atoms with Crippen molar-refractivity contribution in [2.24, 2.45) is 5.92 Å². The highest BCUT2D eigenvalue weighted by molar-refractivity contribution is 7.12. The zero-order valence-corrected chi connectivity index (χ0v) is 15.2. The van der Waals surface area contributed by atoms with E-state index >= 15 is 0 Å². The third kappa shape index (κ3) is 3.70. The molecule has 2 heterocycles. The lowest BCUT2D eigenvalue weighted by Crippen LogP contribution is -2.41. The van der Waals surface area contributed by atoms with Gasteiger partial charge in [0.25, 0.3) is 0 Å². The number of aliphatic carboxylic acids is 1. The van der Waals surface area contributed by atoms with Crippen LogP contribution in [0.15, 0.2) is 36.4 Å². The van der Waals surface area contributed by atoms with Crippen molar-refractivity contribution in [3.63, 3.8) is 0 Å². The van der Waals surface area contributed by atoms with Crippen molar-refractivity contribution in [1.82, 2.24) is 4.90 Å². The summed E-state index contributed by atoms with van der Waals surface area (Å²) in [7, 11) is 0. The van der Waals surface area contributed by atoms with Crippen molar-refractivity contribution >= 4 is 17.3 Å². The predicted molar refractivity (Wildman–Crippen MR) is 98.7 cm³/mol. The van der Waals surface area contributed by atoms with E-state index in [9.17, 15) is 9.90 Å². The Balaban J connectivity index is 1.93. The van der Waals surface area contributed by atoms with Gasteiger partial charge in [-0.1, -0.05) is 31.2 Å². The Morgan fingerprint density at radius 3 is 2.62 bits per heavy atom. The van der Waals surface area contributed by atoms with Crippen molar-refractivity contribution in [1.29, 1.82) is 0 Å². The minimum Gasteiger partial charge on any atom is -0.481 e. The molecule has 24 heavy (non-hydrogen) atoms. The van der Waals surface area contributed by atoms with Crippen molar-refractivity contribution in [3.8, 4) is 0 Å². The van der Waals surface area contributed by atoms with Crippen molar-refractivity contribution in [2.45, 2.75) is 39.2 Å². The molecule has 3 rings (SSSR count). The lowest BCUT2D eigenvalue weighted by Gasteiger charge is -2.37. The molecule has 2 atom stereocenters. The first-order chi connectivity index (χ1) is 11.6. The van der Waals surface area contributed by atoms with Crippen LogP contribution in [0.3, 0.4) is 0 Å². The first kappa shape index (κ1) is 17.2. The maximum Gasteiger partial charge on any atom is 0.307 e. The minimum absolute atomic E-state index is 0.164. The SMILES string of the molecule is CCc1ccc(C(c2ccc(C)s2)N2CCCC(C(=O)O)C2)cc1. The number of thiophene rings is 1. The molecule has 0 aliphatic carbocycles. The van der Waals surface area contributed by atoms with E-state index in [4.69, 9.17) is 0 Å². The summed E-state index contributed by atoms with van der Waals surface area (Å²) < 4.78 is 0. The number of aryl methyl sites for hydroxylation is 2. The summed E-state index contributed by atoms with van der Waals surface area (Å²) >= 11 is 1.81. The zero-order chi connectivity index (χ0) is 17.1. The Morgan fingerprint density at radius 1 is 1.29 bits per heavy atom. The van der Waals surface area contributed by atoms with Crippen LogP contribution in [0.5, 0.6) is 0 Å². The van der Waals surface area contributed by atoms with E-state index in [0.29, 0.717) is 6.54 Å². The molecule has 0 saturated carbocycles. The van der Waals surface area contributed by atoms with Crippen LogP contribution in [0.4, 0.5) is 0 Å². The molecule has 1 aromatic heterocycles. The molecular formula is C20H25NO2S. The molecule has 3 nitrogen and oxygen atoms in total. The van der Waals surface area contributed by atoms with E-state index in [0.717, 1.165) is 25.8 Å². The quantitative estimate of drug-likeness (QED) is 0.868. The van der Waals surface area contributed by atoms with Crippen LogP contribution in [0, 0.1) is 12.8 Å². The van der Waals surface area contributed by atoms with Gasteiger partial charge in [0.1, 0.15) is 0 Å². The second-order valence-electron chi connectivity index (χ2n) is 6.62. The van der Waals surface area contributed by atoms with Gasteiger partial charge in [0.15, 0.2) is 0 Å². The zero-order valence-electron chi connectivity index (χ0n) is 14.4. The average molecular weight is 343 g/mol. The van der Waals surface area contributed by atoms with Crippen LogP contribution in [0.1, 0.15) is 46.7 Å². The highest BCUT2D eigenvalue weighted by atomic mass is 32.1. The summed E-state index contributed by atoms with van der Waals surface area (Å²) in [4.78, 5) is 16.4. The molecule has 0 radical (unpaired) electrons. The topological polar surface area (TPSA) is 40.5 Å². The van der Waals surface area contributed by atoms with Gasteiger partial charge in [0.2, 0.25) is 0 Å². The van der Waals surface area contributed by atoms with Crippen molar-refractivity contribution < 1.29 is 9.90 Å². The molecule has 1 aliphatic heterocycles. The van der Waals surface area contributed by atoms with Gasteiger partial charge in [-0.2, -0.15) is 0 Å². The molecule has 128 valence electrons. The highest BCUT2D eigenvalue weighted by Crippen LogP contribution is 2.36. The first-order valence-corrected chi connectivity index (χ1v) is 9.52. The second kappa shape index (κ2) is 7.49. The Kier molecular flexibility index (Phi) is 5.36. The standard InChI is InChI=1S/C20H25NO2S/c1-3-15-7-9-16(10-8-15)19(18-11-6-14(2)24-18)21-12-4-5-17(13-21)20(22)23/h6-11,17,19H,3-5,12-13H2,1-2H3,(H,22,23). The fraction of sp³-hybridized carbons (Fsp3) is 0.450. The number of hydrogen-bond donors (Lipinski definition) is 1. The first-order valence-electron chi connectivity index (χ1n) is 8.70. The Hall–Kier alpha value is -1.65. The fourth-order valence-corrected chi connectivity index (χ4v) is 4.57. The summed E-state index contributed by atoms with van der Waals surface area (Å²) in [6, 6.07) is 13.3. The molecule has 0 bridgehead atoms. The molecule has 0 spiro atoms. The summed E-state index contributed by atoms with van der Waals surface area (Å²) in [6.45, 7) is 5.88. The van der Waals surface area contributed by atoms with Crippen molar-refractivity contribution in [2.75, 3.05) is 13.1 Å². The van der Waals surface area contributed by atoms with E-state index in [1.807, 2.05) is 11.3 Å². The van der Waals surface area contributed by atoms with Gasteiger partial charge in [0.05, 0.1) is 12.0 Å². The Labute approximate surface area is 147 Å². The number of likely N-dealkylation sites (tertiary alicyclic amines) is 1. The lowest BCUT2D eigenvalue weighted by atomic mass is 9.94. The second-order valence-corrected chi connectivity index (χ2v) is 7.94. The highest BCUT2D eigenvalue weighted by Gasteiger charge is 2.31.